The van der Waals surface area contributed by atoms with E-state index in [-0.39, 0.29) is 5.82 Å². The molecule has 3 N–H and O–H groups in total. The Kier molecular flexibility index (Phi) is 3.05. The van der Waals surface area contributed by atoms with Gasteiger partial charge < -0.3 is 15.3 Å². The number of nitrogen functional groups attached to an aromatic ring is 1. The number of pyridine rings is 1. The zero-order chi connectivity index (χ0) is 17.7. The summed E-state index contributed by atoms with van der Waals surface area (Å²) in [5, 5.41) is 8.72. The first kappa shape index (κ1) is 14.6. The molecule has 0 aliphatic carbocycles. The van der Waals surface area contributed by atoms with Gasteiger partial charge in [-0.15, -0.1) is 0 Å². The van der Waals surface area contributed by atoms with Crippen molar-refractivity contribution in [3.8, 4) is 22.6 Å². The van der Waals surface area contributed by atoms with Gasteiger partial charge >= 0.3 is 0 Å². The molecular weight excluding hydrogens is 330 g/mol. The van der Waals surface area contributed by atoms with Crippen LogP contribution in [0.15, 0.2) is 47.5 Å². The van der Waals surface area contributed by atoms with Crippen molar-refractivity contribution in [1.82, 2.24) is 29.8 Å². The molecule has 0 fully saturated rings. The number of H-pyrrole nitrogens is 1. The highest BCUT2D eigenvalue weighted by Gasteiger charge is 2.20. The van der Waals surface area contributed by atoms with Crippen LogP contribution in [0.5, 0.6) is 0 Å². The molecule has 0 amide bonds. The fourth-order valence-electron chi connectivity index (χ4n) is 3.36. The van der Waals surface area contributed by atoms with Gasteiger partial charge in [0.1, 0.15) is 5.52 Å². The van der Waals surface area contributed by atoms with Gasteiger partial charge in [-0.3, -0.25) is 4.98 Å². The smallest absolute Gasteiger partial charge is 0.199 e. The molecular formula is C18H15N7O. The zero-order valence-corrected chi connectivity index (χ0v) is 14.0. The Morgan fingerprint density at radius 2 is 2.12 bits per heavy atom. The minimum Gasteiger partial charge on any atom is -0.379 e. The number of anilines is 1. The van der Waals surface area contributed by atoms with Gasteiger partial charge in [-0.05, 0) is 46.4 Å². The molecule has 5 rings (SSSR count). The van der Waals surface area contributed by atoms with Crippen molar-refractivity contribution in [2.75, 3.05) is 5.73 Å². The van der Waals surface area contributed by atoms with Gasteiger partial charge in [-0.25, -0.2) is 9.61 Å². The molecule has 0 saturated heterocycles. The van der Waals surface area contributed by atoms with E-state index >= 15 is 0 Å². The molecule has 0 atom stereocenters. The summed E-state index contributed by atoms with van der Waals surface area (Å²) in [6.07, 6.45) is 5.53. The highest BCUT2D eigenvalue weighted by molar-refractivity contribution is 5.96. The van der Waals surface area contributed by atoms with Gasteiger partial charge in [0, 0.05) is 30.0 Å². The second-order valence-corrected chi connectivity index (χ2v) is 6.01. The van der Waals surface area contributed by atoms with Crippen LogP contribution >= 0.6 is 0 Å². The van der Waals surface area contributed by atoms with Crippen LogP contribution in [-0.2, 0) is 6.54 Å². The Morgan fingerprint density at radius 3 is 2.92 bits per heavy atom. The van der Waals surface area contributed by atoms with E-state index in [1.807, 2.05) is 19.3 Å². The number of aryl methyl sites for hydroxylation is 1. The van der Waals surface area contributed by atoms with Crippen molar-refractivity contribution >= 4 is 27.8 Å². The molecule has 0 radical (unpaired) electrons. The first-order chi connectivity index (χ1) is 12.8. The monoisotopic (exact) mass is 345 g/mol. The third-order valence-corrected chi connectivity index (χ3v) is 4.56. The topological polar surface area (TPSA) is 111 Å². The average Bonchev–Trinajstić information content (AvgIpc) is 3.37. The molecule has 128 valence electrons. The van der Waals surface area contributed by atoms with Crippen molar-refractivity contribution < 1.29 is 4.63 Å². The molecule has 0 aliphatic rings. The van der Waals surface area contributed by atoms with Gasteiger partial charge in [-0.2, -0.15) is 0 Å². The number of nitrogens with zero attached hydrogens (tertiary/aromatic N) is 5. The van der Waals surface area contributed by atoms with Crippen LogP contribution in [0.2, 0.25) is 0 Å². The van der Waals surface area contributed by atoms with Crippen molar-refractivity contribution in [2.24, 2.45) is 0 Å². The number of nitrogens with one attached hydrogen (secondary N) is 1. The van der Waals surface area contributed by atoms with Crippen molar-refractivity contribution in [1.29, 1.82) is 0 Å². The normalized spacial score (nSPS) is 11.6. The predicted octanol–water partition coefficient (Wildman–Crippen LogP) is 3.23. The van der Waals surface area contributed by atoms with Gasteiger partial charge in [-0.1, -0.05) is 6.07 Å². The van der Waals surface area contributed by atoms with Crippen molar-refractivity contribution in [3.63, 3.8) is 0 Å². The molecule has 4 heterocycles. The lowest BCUT2D eigenvalue weighted by Gasteiger charge is -2.08. The van der Waals surface area contributed by atoms with Crippen LogP contribution in [-0.4, -0.2) is 29.8 Å². The quantitative estimate of drug-likeness (QED) is 0.519. The highest BCUT2D eigenvalue weighted by Crippen LogP contribution is 2.33. The first-order valence-corrected chi connectivity index (χ1v) is 8.26. The Bertz CT molecular complexity index is 1250. The Hall–Kier alpha value is -3.68. The zero-order valence-electron chi connectivity index (χ0n) is 14.0. The van der Waals surface area contributed by atoms with Gasteiger partial charge in [0.2, 0.25) is 0 Å². The van der Waals surface area contributed by atoms with E-state index in [9.17, 15) is 0 Å². The van der Waals surface area contributed by atoms with Gasteiger partial charge in [0.25, 0.3) is 0 Å². The number of benzene rings is 1. The third kappa shape index (κ3) is 2.02. The van der Waals surface area contributed by atoms with Gasteiger partial charge in [0.05, 0.1) is 11.7 Å². The highest BCUT2D eigenvalue weighted by atomic mass is 16.6. The molecule has 0 bridgehead atoms. The molecule has 1 aromatic carbocycles. The summed E-state index contributed by atoms with van der Waals surface area (Å²) >= 11 is 0. The van der Waals surface area contributed by atoms with Crippen molar-refractivity contribution in [2.45, 2.75) is 13.5 Å². The first-order valence-electron chi connectivity index (χ1n) is 8.26. The molecule has 0 unspecified atom stereocenters. The van der Waals surface area contributed by atoms with E-state index in [0.29, 0.717) is 18.1 Å². The number of fused-ring (bicyclic) bond motifs is 2. The molecule has 8 nitrogen and oxygen atoms in total. The summed E-state index contributed by atoms with van der Waals surface area (Å²) in [6, 6.07) is 8.34. The number of aromatic nitrogens is 6. The number of hydrogen-bond acceptors (Lipinski definition) is 6. The minimum absolute atomic E-state index is 0.221. The number of rotatable bonds is 3. The van der Waals surface area contributed by atoms with Crippen molar-refractivity contribution in [3.05, 3.63) is 42.9 Å². The van der Waals surface area contributed by atoms with Crippen LogP contribution in [0.1, 0.15) is 6.92 Å². The van der Waals surface area contributed by atoms with Crippen LogP contribution in [0.3, 0.4) is 0 Å². The van der Waals surface area contributed by atoms with Crippen LogP contribution in [0.25, 0.3) is 44.6 Å². The number of hydrogen-bond donors (Lipinski definition) is 2. The molecule has 0 saturated carbocycles. The summed E-state index contributed by atoms with van der Waals surface area (Å²) in [5.74, 6) is 0.844. The Labute approximate surface area is 147 Å². The lowest BCUT2D eigenvalue weighted by molar-refractivity contribution is 0.310. The SMILES string of the molecule is CCn1c(-c2nonc2N)nc2cncc(-c3ccc4[nH]ccc4c3)c21. The predicted molar refractivity (Wildman–Crippen MR) is 98.2 cm³/mol. The number of imidazole rings is 1. The standard InChI is InChI=1S/C18H15N7O/c1-2-25-16-12(10-3-4-13-11(7-10)5-6-21-13)8-20-9-14(16)22-18(25)15-17(19)24-26-23-15/h3-9,21H,2H2,1H3,(H2,19,24). The summed E-state index contributed by atoms with van der Waals surface area (Å²) in [7, 11) is 0. The fraction of sp³-hybridized carbons (Fsp3) is 0.111. The molecule has 8 heteroatoms. The molecule has 5 aromatic rings. The minimum atomic E-state index is 0.221. The number of nitrogens with two attached hydrogens (primary N) is 1. The maximum Gasteiger partial charge on any atom is 0.199 e. The van der Waals surface area contributed by atoms with Crippen LogP contribution in [0.4, 0.5) is 5.82 Å². The summed E-state index contributed by atoms with van der Waals surface area (Å²) in [5.41, 5.74) is 11.2. The van der Waals surface area contributed by atoms with E-state index in [4.69, 9.17) is 10.4 Å². The average molecular weight is 345 g/mol. The van der Waals surface area contributed by atoms with E-state index in [1.54, 1.807) is 6.20 Å². The largest absolute Gasteiger partial charge is 0.379 e. The Balaban J connectivity index is 1.81. The molecule has 26 heavy (non-hydrogen) atoms. The van der Waals surface area contributed by atoms with E-state index in [0.717, 1.165) is 33.1 Å². The number of aromatic amines is 1. The van der Waals surface area contributed by atoms with E-state index in [1.165, 1.54) is 0 Å². The van der Waals surface area contributed by atoms with Gasteiger partial charge in [0.15, 0.2) is 17.3 Å². The lowest BCUT2D eigenvalue weighted by Crippen LogP contribution is -2.01. The maximum absolute atomic E-state index is 5.88. The fourth-order valence-corrected chi connectivity index (χ4v) is 3.36. The summed E-state index contributed by atoms with van der Waals surface area (Å²) in [6.45, 7) is 2.75. The van der Waals surface area contributed by atoms with E-state index < -0.39 is 0 Å². The summed E-state index contributed by atoms with van der Waals surface area (Å²) < 4.78 is 6.81. The molecule has 0 spiro atoms. The van der Waals surface area contributed by atoms with Crippen LogP contribution < -0.4 is 5.73 Å². The summed E-state index contributed by atoms with van der Waals surface area (Å²) in [4.78, 5) is 12.3. The third-order valence-electron chi connectivity index (χ3n) is 4.56. The second kappa shape index (κ2) is 5.41. The maximum atomic E-state index is 5.88. The van der Waals surface area contributed by atoms with Crippen LogP contribution in [0, 0.1) is 0 Å². The van der Waals surface area contributed by atoms with E-state index in [2.05, 4.69) is 54.1 Å². The second-order valence-electron chi connectivity index (χ2n) is 6.01. The molecule has 4 aromatic heterocycles. The Morgan fingerprint density at radius 1 is 1.19 bits per heavy atom. The lowest BCUT2D eigenvalue weighted by atomic mass is 10.0. The molecule has 0 aliphatic heterocycles.